The summed E-state index contributed by atoms with van der Waals surface area (Å²) in [7, 11) is 0. The van der Waals surface area contributed by atoms with Crippen LogP contribution in [-0.2, 0) is 0 Å². The molecule has 0 saturated carbocycles. The molecule has 1 heteroatoms. The predicted octanol–water partition coefficient (Wildman–Crippen LogP) is 3.32. The molecular formula is C15H21N. The summed E-state index contributed by atoms with van der Waals surface area (Å²) in [4.78, 5) is 0. The molecule has 0 spiro atoms. The minimum atomic E-state index is 0.766. The largest absolute Gasteiger partial charge is 0.317 e. The van der Waals surface area contributed by atoms with Gasteiger partial charge in [0.1, 0.15) is 0 Å². The quantitative estimate of drug-likeness (QED) is 0.798. The van der Waals surface area contributed by atoms with Crippen molar-refractivity contribution < 1.29 is 0 Å². The highest BCUT2D eigenvalue weighted by Crippen LogP contribution is 2.16. The van der Waals surface area contributed by atoms with Crippen LogP contribution in [-0.4, -0.2) is 13.1 Å². The molecule has 0 aliphatic carbocycles. The Morgan fingerprint density at radius 1 is 1.06 bits per heavy atom. The molecule has 1 aromatic rings. The molecular weight excluding hydrogens is 194 g/mol. The lowest BCUT2D eigenvalue weighted by atomic mass is 9.96. The van der Waals surface area contributed by atoms with Crippen LogP contribution in [0.5, 0.6) is 0 Å². The van der Waals surface area contributed by atoms with Crippen LogP contribution in [0.2, 0.25) is 0 Å². The van der Waals surface area contributed by atoms with Crippen LogP contribution >= 0.6 is 0 Å². The summed E-state index contributed by atoms with van der Waals surface area (Å²) in [5.41, 5.74) is 4.05. The van der Waals surface area contributed by atoms with Gasteiger partial charge in [0.2, 0.25) is 0 Å². The fraction of sp³-hybridized carbons (Fsp3) is 0.467. The smallest absolute Gasteiger partial charge is 0.00433 e. The first-order chi connectivity index (χ1) is 7.74. The van der Waals surface area contributed by atoms with Gasteiger partial charge >= 0.3 is 0 Å². The Morgan fingerprint density at radius 3 is 2.31 bits per heavy atom. The summed E-state index contributed by atoms with van der Waals surface area (Å²) in [5, 5.41) is 3.40. The summed E-state index contributed by atoms with van der Waals surface area (Å²) >= 11 is 0. The lowest BCUT2D eigenvalue weighted by Gasteiger charge is -2.19. The van der Waals surface area contributed by atoms with Gasteiger partial charge in [0.05, 0.1) is 0 Å². The van der Waals surface area contributed by atoms with E-state index in [4.69, 9.17) is 0 Å². The zero-order valence-electron chi connectivity index (χ0n) is 10.3. The minimum absolute atomic E-state index is 0.766. The molecule has 1 aromatic carbocycles. The van der Waals surface area contributed by atoms with Gasteiger partial charge in [0.25, 0.3) is 0 Å². The molecule has 0 atom stereocenters. The van der Waals surface area contributed by atoms with Crippen molar-refractivity contribution in [3.8, 4) is 0 Å². The monoisotopic (exact) mass is 215 g/mol. The maximum absolute atomic E-state index is 3.40. The second-order valence-corrected chi connectivity index (χ2v) is 4.87. The van der Waals surface area contributed by atoms with Gasteiger partial charge in [0.15, 0.2) is 0 Å². The van der Waals surface area contributed by atoms with Crippen molar-refractivity contribution in [3.63, 3.8) is 0 Å². The topological polar surface area (TPSA) is 12.0 Å². The van der Waals surface area contributed by atoms with Gasteiger partial charge < -0.3 is 5.32 Å². The van der Waals surface area contributed by atoms with Gasteiger partial charge in [-0.2, -0.15) is 0 Å². The van der Waals surface area contributed by atoms with Crippen LogP contribution in [0.15, 0.2) is 24.3 Å². The first-order valence-electron chi connectivity index (χ1n) is 6.21. The third-order valence-electron chi connectivity index (χ3n) is 3.19. The Kier molecular flexibility index (Phi) is 3.79. The molecule has 1 N–H and O–H groups in total. The number of allylic oxidation sites excluding steroid dienone is 1. The standard InChI is InChI=1S/C15H21N/c1-12-9-13(2)11-15(10-12)4-3-14-5-7-16-8-6-14/h3-4,9-11,14,16H,5-8H2,1-2H3/b4-3+. The average Bonchev–Trinajstić information content (AvgIpc) is 2.27. The summed E-state index contributed by atoms with van der Waals surface area (Å²) in [6.45, 7) is 6.66. The molecule has 0 amide bonds. The molecule has 0 radical (unpaired) electrons. The summed E-state index contributed by atoms with van der Waals surface area (Å²) in [6.07, 6.45) is 7.23. The molecule has 0 bridgehead atoms. The third-order valence-corrected chi connectivity index (χ3v) is 3.19. The van der Waals surface area contributed by atoms with Crippen LogP contribution in [0.1, 0.15) is 29.5 Å². The number of nitrogens with one attached hydrogen (secondary N) is 1. The van der Waals surface area contributed by atoms with Crippen LogP contribution in [0.3, 0.4) is 0 Å². The predicted molar refractivity (Wildman–Crippen MR) is 70.5 cm³/mol. The van der Waals surface area contributed by atoms with Crippen molar-refractivity contribution in [1.82, 2.24) is 5.32 Å². The summed E-state index contributed by atoms with van der Waals surface area (Å²) in [5.74, 6) is 0.766. The van der Waals surface area contributed by atoms with Crippen molar-refractivity contribution in [1.29, 1.82) is 0 Å². The zero-order valence-corrected chi connectivity index (χ0v) is 10.3. The van der Waals surface area contributed by atoms with Crippen LogP contribution in [0, 0.1) is 19.8 Å². The Balaban J connectivity index is 2.04. The maximum Gasteiger partial charge on any atom is -0.00433 e. The molecule has 86 valence electrons. The molecule has 1 nitrogen and oxygen atoms in total. The third kappa shape index (κ3) is 3.21. The van der Waals surface area contributed by atoms with E-state index in [0.29, 0.717) is 0 Å². The van der Waals surface area contributed by atoms with Gasteiger partial charge in [-0.1, -0.05) is 41.5 Å². The number of rotatable bonds is 2. The van der Waals surface area contributed by atoms with Crippen molar-refractivity contribution in [2.24, 2.45) is 5.92 Å². The second-order valence-electron chi connectivity index (χ2n) is 4.87. The molecule has 1 aliphatic rings. The van der Waals surface area contributed by atoms with Crippen LogP contribution in [0.4, 0.5) is 0 Å². The minimum Gasteiger partial charge on any atom is -0.317 e. The average molecular weight is 215 g/mol. The second kappa shape index (κ2) is 5.31. The van der Waals surface area contributed by atoms with Crippen molar-refractivity contribution in [3.05, 3.63) is 41.0 Å². The summed E-state index contributed by atoms with van der Waals surface area (Å²) < 4.78 is 0. The van der Waals surface area contributed by atoms with E-state index in [1.165, 1.54) is 42.6 Å². The number of hydrogen-bond acceptors (Lipinski definition) is 1. The van der Waals surface area contributed by atoms with Gasteiger partial charge in [0, 0.05) is 0 Å². The highest BCUT2D eigenvalue weighted by molar-refractivity contribution is 5.52. The lowest BCUT2D eigenvalue weighted by molar-refractivity contribution is 0.438. The highest BCUT2D eigenvalue weighted by Gasteiger charge is 2.08. The van der Waals surface area contributed by atoms with Crippen molar-refractivity contribution >= 4 is 6.08 Å². The first kappa shape index (κ1) is 11.4. The van der Waals surface area contributed by atoms with Crippen molar-refractivity contribution in [2.45, 2.75) is 26.7 Å². The van der Waals surface area contributed by atoms with E-state index in [1.807, 2.05) is 0 Å². The first-order valence-corrected chi connectivity index (χ1v) is 6.21. The normalized spacial score (nSPS) is 18.1. The number of hydrogen-bond donors (Lipinski definition) is 1. The van der Waals surface area contributed by atoms with E-state index in [1.54, 1.807) is 0 Å². The van der Waals surface area contributed by atoms with Crippen molar-refractivity contribution in [2.75, 3.05) is 13.1 Å². The summed E-state index contributed by atoms with van der Waals surface area (Å²) in [6, 6.07) is 6.73. The molecule has 1 saturated heterocycles. The lowest BCUT2D eigenvalue weighted by Crippen LogP contribution is -2.26. The number of aryl methyl sites for hydroxylation is 2. The number of benzene rings is 1. The van der Waals surface area contributed by atoms with E-state index in [0.717, 1.165) is 5.92 Å². The Labute approximate surface area is 98.6 Å². The fourth-order valence-corrected chi connectivity index (χ4v) is 2.39. The van der Waals surface area contributed by atoms with E-state index in [9.17, 15) is 0 Å². The van der Waals surface area contributed by atoms with Gasteiger partial charge in [-0.3, -0.25) is 0 Å². The SMILES string of the molecule is Cc1cc(C)cc(/C=C/C2CCNCC2)c1. The molecule has 1 aliphatic heterocycles. The fourth-order valence-electron chi connectivity index (χ4n) is 2.39. The molecule has 0 aromatic heterocycles. The van der Waals surface area contributed by atoms with Gasteiger partial charge in [-0.25, -0.2) is 0 Å². The van der Waals surface area contributed by atoms with Gasteiger partial charge in [-0.05, 0) is 51.3 Å². The van der Waals surface area contributed by atoms with E-state index >= 15 is 0 Å². The number of piperidine rings is 1. The highest BCUT2D eigenvalue weighted by atomic mass is 14.9. The Bertz CT molecular complexity index is 353. The van der Waals surface area contributed by atoms with E-state index in [2.05, 4.69) is 49.5 Å². The Hall–Kier alpha value is -1.08. The maximum atomic E-state index is 3.40. The molecule has 1 fully saturated rings. The zero-order chi connectivity index (χ0) is 11.4. The van der Waals surface area contributed by atoms with E-state index in [-0.39, 0.29) is 0 Å². The molecule has 2 rings (SSSR count). The molecule has 1 heterocycles. The molecule has 16 heavy (non-hydrogen) atoms. The van der Waals surface area contributed by atoms with Gasteiger partial charge in [-0.15, -0.1) is 0 Å². The van der Waals surface area contributed by atoms with E-state index < -0.39 is 0 Å². The Morgan fingerprint density at radius 2 is 1.69 bits per heavy atom. The van der Waals surface area contributed by atoms with Crippen LogP contribution < -0.4 is 5.32 Å². The van der Waals surface area contributed by atoms with Crippen LogP contribution in [0.25, 0.3) is 6.08 Å². The molecule has 0 unspecified atom stereocenters.